The molecule has 1 aromatic carbocycles. The summed E-state index contributed by atoms with van der Waals surface area (Å²) >= 11 is 0. The Kier molecular flexibility index (Phi) is 5.55. The number of hydrogen-bond donors (Lipinski definition) is 1. The molecule has 0 bridgehead atoms. The van der Waals surface area contributed by atoms with Crippen molar-refractivity contribution in [2.24, 2.45) is 0 Å². The van der Waals surface area contributed by atoms with Gasteiger partial charge in [-0.3, -0.25) is 9.59 Å². The molecule has 5 nitrogen and oxygen atoms in total. The van der Waals surface area contributed by atoms with Crippen LogP contribution in [-0.2, 0) is 14.3 Å². The Morgan fingerprint density at radius 2 is 2.14 bits per heavy atom. The van der Waals surface area contributed by atoms with Crippen molar-refractivity contribution in [2.75, 3.05) is 24.6 Å². The third kappa shape index (κ3) is 4.31. The van der Waals surface area contributed by atoms with Crippen molar-refractivity contribution < 1.29 is 14.3 Å². The molecule has 0 saturated carbocycles. The molecule has 2 amide bonds. The number of benzene rings is 1. The molecular weight excluding hydrogens is 280 g/mol. The van der Waals surface area contributed by atoms with Crippen molar-refractivity contribution in [3.8, 4) is 0 Å². The van der Waals surface area contributed by atoms with Gasteiger partial charge in [0.25, 0.3) is 0 Å². The first-order valence-electron chi connectivity index (χ1n) is 7.71. The molecule has 0 radical (unpaired) electrons. The fourth-order valence-electron chi connectivity index (χ4n) is 2.61. The van der Waals surface area contributed by atoms with Crippen LogP contribution in [-0.4, -0.2) is 37.6 Å². The van der Waals surface area contributed by atoms with E-state index in [1.54, 1.807) is 0 Å². The fourth-order valence-corrected chi connectivity index (χ4v) is 2.61. The van der Waals surface area contributed by atoms with Gasteiger partial charge in [-0.05, 0) is 43.9 Å². The highest BCUT2D eigenvalue weighted by Crippen LogP contribution is 2.21. The van der Waals surface area contributed by atoms with Gasteiger partial charge >= 0.3 is 0 Å². The Hall–Kier alpha value is -1.88. The third-order valence-electron chi connectivity index (χ3n) is 3.89. The molecule has 1 atom stereocenters. The largest absolute Gasteiger partial charge is 0.376 e. The number of nitrogens with one attached hydrogen (secondary N) is 1. The van der Waals surface area contributed by atoms with E-state index in [1.165, 1.54) is 11.8 Å². The number of rotatable bonds is 5. The summed E-state index contributed by atoms with van der Waals surface area (Å²) in [5.41, 5.74) is 2.83. The summed E-state index contributed by atoms with van der Waals surface area (Å²) in [4.78, 5) is 25.6. The van der Waals surface area contributed by atoms with Crippen LogP contribution in [0.4, 0.5) is 5.69 Å². The van der Waals surface area contributed by atoms with E-state index in [0.29, 0.717) is 6.54 Å². The molecule has 0 aliphatic carbocycles. The number of anilines is 1. The average molecular weight is 304 g/mol. The molecule has 22 heavy (non-hydrogen) atoms. The zero-order valence-corrected chi connectivity index (χ0v) is 13.5. The maximum absolute atomic E-state index is 12.1. The summed E-state index contributed by atoms with van der Waals surface area (Å²) in [6, 6.07) is 5.89. The van der Waals surface area contributed by atoms with E-state index in [0.717, 1.165) is 36.3 Å². The zero-order valence-electron chi connectivity index (χ0n) is 13.5. The molecule has 0 spiro atoms. The summed E-state index contributed by atoms with van der Waals surface area (Å²) in [5.74, 6) is -0.299. The Morgan fingerprint density at radius 1 is 1.36 bits per heavy atom. The topological polar surface area (TPSA) is 58.6 Å². The number of nitrogens with zero attached hydrogens (tertiary/aromatic N) is 1. The maximum atomic E-state index is 12.1. The lowest BCUT2D eigenvalue weighted by atomic mass is 10.1. The van der Waals surface area contributed by atoms with Gasteiger partial charge in [-0.15, -0.1) is 0 Å². The fraction of sp³-hybridized carbons (Fsp3) is 0.529. The molecule has 1 unspecified atom stereocenters. The molecule has 1 aliphatic heterocycles. The molecule has 1 aromatic rings. The van der Waals surface area contributed by atoms with E-state index in [4.69, 9.17) is 4.74 Å². The van der Waals surface area contributed by atoms with Crippen molar-refractivity contribution in [1.82, 2.24) is 5.32 Å². The van der Waals surface area contributed by atoms with Gasteiger partial charge in [0, 0.05) is 25.8 Å². The summed E-state index contributed by atoms with van der Waals surface area (Å²) in [7, 11) is 0. The highest BCUT2D eigenvalue weighted by Gasteiger charge is 2.20. The van der Waals surface area contributed by atoms with Gasteiger partial charge in [0.2, 0.25) is 11.8 Å². The van der Waals surface area contributed by atoms with Crippen molar-refractivity contribution in [3.05, 3.63) is 29.3 Å². The van der Waals surface area contributed by atoms with Crippen LogP contribution in [0.15, 0.2) is 18.2 Å². The Balaban J connectivity index is 2.00. The normalized spacial score (nSPS) is 17.3. The van der Waals surface area contributed by atoms with Crippen molar-refractivity contribution in [2.45, 2.75) is 39.7 Å². The SMILES string of the molecule is CC(=O)N(CC(=O)NCC1CCCO1)c1cc(C)ccc1C. The monoisotopic (exact) mass is 304 g/mol. The van der Waals surface area contributed by atoms with Gasteiger partial charge in [-0.25, -0.2) is 0 Å². The molecule has 1 fully saturated rings. The molecule has 1 N–H and O–H groups in total. The average Bonchev–Trinajstić information content (AvgIpc) is 2.98. The summed E-state index contributed by atoms with van der Waals surface area (Å²) in [5, 5.41) is 2.86. The van der Waals surface area contributed by atoms with Crippen LogP contribution in [0.5, 0.6) is 0 Å². The van der Waals surface area contributed by atoms with Crippen molar-refractivity contribution in [1.29, 1.82) is 0 Å². The van der Waals surface area contributed by atoms with Crippen LogP contribution in [0.2, 0.25) is 0 Å². The van der Waals surface area contributed by atoms with Gasteiger partial charge in [0.05, 0.1) is 6.10 Å². The van der Waals surface area contributed by atoms with Crippen LogP contribution < -0.4 is 10.2 Å². The lowest BCUT2D eigenvalue weighted by Gasteiger charge is -2.23. The minimum absolute atomic E-state index is 0.0341. The summed E-state index contributed by atoms with van der Waals surface area (Å²) in [6.45, 7) is 6.70. The number of carbonyl (C=O) groups is 2. The standard InChI is InChI=1S/C17H24N2O3/c1-12-6-7-13(2)16(9-12)19(14(3)20)11-17(21)18-10-15-5-4-8-22-15/h6-7,9,15H,4-5,8,10-11H2,1-3H3,(H,18,21). The lowest BCUT2D eigenvalue weighted by Crippen LogP contribution is -2.42. The molecule has 5 heteroatoms. The van der Waals surface area contributed by atoms with Gasteiger partial charge in [0.1, 0.15) is 6.54 Å². The molecule has 1 heterocycles. The van der Waals surface area contributed by atoms with E-state index in [2.05, 4.69) is 5.32 Å². The molecule has 1 aliphatic rings. The number of aryl methyl sites for hydroxylation is 2. The smallest absolute Gasteiger partial charge is 0.240 e. The van der Waals surface area contributed by atoms with Gasteiger partial charge in [-0.2, -0.15) is 0 Å². The number of ether oxygens (including phenoxy) is 1. The molecule has 1 saturated heterocycles. The molecule has 120 valence electrons. The van der Waals surface area contributed by atoms with Gasteiger partial charge in [0.15, 0.2) is 0 Å². The highest BCUT2D eigenvalue weighted by molar-refractivity contribution is 5.98. The molecule has 2 rings (SSSR count). The van der Waals surface area contributed by atoms with E-state index in [-0.39, 0.29) is 24.5 Å². The minimum Gasteiger partial charge on any atom is -0.376 e. The minimum atomic E-state index is -0.161. The first-order chi connectivity index (χ1) is 10.5. The maximum Gasteiger partial charge on any atom is 0.240 e. The van der Waals surface area contributed by atoms with Crippen LogP contribution in [0.25, 0.3) is 0 Å². The van der Waals surface area contributed by atoms with Crippen LogP contribution in [0, 0.1) is 13.8 Å². The Morgan fingerprint density at radius 3 is 2.77 bits per heavy atom. The summed E-state index contributed by atoms with van der Waals surface area (Å²) in [6.07, 6.45) is 2.13. The van der Waals surface area contributed by atoms with Gasteiger partial charge in [-0.1, -0.05) is 12.1 Å². The second-order valence-corrected chi connectivity index (χ2v) is 5.83. The number of hydrogen-bond acceptors (Lipinski definition) is 3. The second-order valence-electron chi connectivity index (χ2n) is 5.83. The first kappa shape index (κ1) is 16.5. The zero-order chi connectivity index (χ0) is 16.1. The lowest BCUT2D eigenvalue weighted by molar-refractivity contribution is -0.123. The highest BCUT2D eigenvalue weighted by atomic mass is 16.5. The van der Waals surface area contributed by atoms with E-state index < -0.39 is 0 Å². The van der Waals surface area contributed by atoms with E-state index in [1.807, 2.05) is 32.0 Å². The van der Waals surface area contributed by atoms with Crippen molar-refractivity contribution in [3.63, 3.8) is 0 Å². The third-order valence-corrected chi connectivity index (χ3v) is 3.89. The predicted octanol–water partition coefficient (Wildman–Crippen LogP) is 1.95. The van der Waals surface area contributed by atoms with Crippen LogP contribution in [0.3, 0.4) is 0 Å². The van der Waals surface area contributed by atoms with Crippen molar-refractivity contribution >= 4 is 17.5 Å². The van der Waals surface area contributed by atoms with Crippen LogP contribution >= 0.6 is 0 Å². The molecular formula is C17H24N2O3. The first-order valence-corrected chi connectivity index (χ1v) is 7.71. The number of carbonyl (C=O) groups excluding carboxylic acids is 2. The molecule has 0 aromatic heterocycles. The Labute approximate surface area is 131 Å². The Bertz CT molecular complexity index is 551. The number of amides is 2. The quantitative estimate of drug-likeness (QED) is 0.904. The van der Waals surface area contributed by atoms with E-state index in [9.17, 15) is 9.59 Å². The summed E-state index contributed by atoms with van der Waals surface area (Å²) < 4.78 is 5.48. The predicted molar refractivity (Wildman–Crippen MR) is 85.9 cm³/mol. The second kappa shape index (κ2) is 7.40. The van der Waals surface area contributed by atoms with E-state index >= 15 is 0 Å². The van der Waals surface area contributed by atoms with Crippen LogP contribution in [0.1, 0.15) is 30.9 Å². The van der Waals surface area contributed by atoms with Gasteiger partial charge < -0.3 is 15.0 Å².